The zero-order chi connectivity index (χ0) is 16.2. The van der Waals surface area contributed by atoms with E-state index < -0.39 is 0 Å². The van der Waals surface area contributed by atoms with E-state index in [1.54, 1.807) is 0 Å². The number of benzene rings is 2. The second kappa shape index (κ2) is 6.54. The van der Waals surface area contributed by atoms with Crippen LogP contribution in [0, 0.1) is 32.6 Å². The van der Waals surface area contributed by atoms with Crippen molar-refractivity contribution >= 4 is 0 Å². The third kappa shape index (κ3) is 3.52. The standard InChI is InChI=1S/C21H21N2/c1-17-14-18(2)21(19(3)15-17)23-13-12-22(16-23)11-7-10-20-8-5-4-6-9-20/h4-6,8-9,12-16H,11H2,1-3H3/q+1. The van der Waals surface area contributed by atoms with Gasteiger partial charge in [0, 0.05) is 5.56 Å². The highest BCUT2D eigenvalue weighted by molar-refractivity contribution is 5.48. The lowest BCUT2D eigenvalue weighted by Gasteiger charge is -2.06. The molecule has 0 N–H and O–H groups in total. The molecule has 0 saturated carbocycles. The van der Waals surface area contributed by atoms with Gasteiger partial charge in [0.15, 0.2) is 6.54 Å². The van der Waals surface area contributed by atoms with Crippen molar-refractivity contribution < 1.29 is 4.57 Å². The van der Waals surface area contributed by atoms with Crippen molar-refractivity contribution in [1.82, 2.24) is 4.57 Å². The van der Waals surface area contributed by atoms with Crippen LogP contribution in [0.4, 0.5) is 0 Å². The van der Waals surface area contributed by atoms with Gasteiger partial charge in [0.25, 0.3) is 0 Å². The Morgan fingerprint density at radius 1 is 1.00 bits per heavy atom. The van der Waals surface area contributed by atoms with E-state index >= 15 is 0 Å². The van der Waals surface area contributed by atoms with Crippen molar-refractivity contribution in [3.8, 4) is 17.5 Å². The highest BCUT2D eigenvalue weighted by Crippen LogP contribution is 2.20. The molecule has 0 radical (unpaired) electrons. The summed E-state index contributed by atoms with van der Waals surface area (Å²) in [5.74, 6) is 6.41. The van der Waals surface area contributed by atoms with E-state index in [-0.39, 0.29) is 0 Å². The van der Waals surface area contributed by atoms with Crippen LogP contribution in [0.25, 0.3) is 5.69 Å². The summed E-state index contributed by atoms with van der Waals surface area (Å²) in [4.78, 5) is 0. The molecule has 0 spiro atoms. The monoisotopic (exact) mass is 301 g/mol. The molecule has 1 aromatic heterocycles. The molecule has 0 atom stereocenters. The van der Waals surface area contributed by atoms with Crippen LogP contribution in [0.1, 0.15) is 22.3 Å². The third-order valence-corrected chi connectivity index (χ3v) is 3.85. The molecule has 2 heteroatoms. The summed E-state index contributed by atoms with van der Waals surface area (Å²) < 4.78 is 4.28. The highest BCUT2D eigenvalue weighted by atomic mass is 15.1. The summed E-state index contributed by atoms with van der Waals surface area (Å²) in [5.41, 5.74) is 6.20. The molecule has 2 aromatic carbocycles. The fourth-order valence-corrected chi connectivity index (χ4v) is 2.95. The molecule has 3 aromatic rings. The van der Waals surface area contributed by atoms with Crippen molar-refractivity contribution in [2.45, 2.75) is 27.3 Å². The normalized spacial score (nSPS) is 10.2. The van der Waals surface area contributed by atoms with Crippen LogP contribution >= 0.6 is 0 Å². The minimum Gasteiger partial charge on any atom is -0.225 e. The molecule has 0 unspecified atom stereocenters. The van der Waals surface area contributed by atoms with Gasteiger partial charge in [0.2, 0.25) is 6.33 Å². The van der Waals surface area contributed by atoms with Crippen LogP contribution in [-0.4, -0.2) is 4.57 Å². The lowest BCUT2D eigenvalue weighted by Crippen LogP contribution is -2.30. The second-order valence-electron chi connectivity index (χ2n) is 5.91. The Hall–Kier alpha value is -2.79. The van der Waals surface area contributed by atoms with E-state index in [4.69, 9.17) is 0 Å². The first-order chi connectivity index (χ1) is 11.1. The maximum atomic E-state index is 3.22. The molecule has 0 aliphatic carbocycles. The molecule has 0 aliphatic heterocycles. The number of hydrogen-bond acceptors (Lipinski definition) is 0. The molecule has 0 saturated heterocycles. The van der Waals surface area contributed by atoms with Crippen LogP contribution in [0.5, 0.6) is 0 Å². The Balaban J connectivity index is 1.81. The Labute approximate surface area is 138 Å². The molecule has 2 nitrogen and oxygen atoms in total. The summed E-state index contributed by atoms with van der Waals surface area (Å²) in [6, 6.07) is 14.5. The summed E-state index contributed by atoms with van der Waals surface area (Å²) in [6.45, 7) is 7.15. The topological polar surface area (TPSA) is 8.81 Å². The van der Waals surface area contributed by atoms with Gasteiger partial charge >= 0.3 is 0 Å². The van der Waals surface area contributed by atoms with Gasteiger partial charge in [0.1, 0.15) is 18.1 Å². The van der Waals surface area contributed by atoms with E-state index in [1.165, 1.54) is 22.4 Å². The number of aryl methyl sites for hydroxylation is 3. The van der Waals surface area contributed by atoms with Gasteiger partial charge in [-0.3, -0.25) is 0 Å². The van der Waals surface area contributed by atoms with E-state index in [1.807, 2.05) is 30.3 Å². The average molecular weight is 301 g/mol. The van der Waals surface area contributed by atoms with Gasteiger partial charge in [-0.25, -0.2) is 9.13 Å². The first-order valence-electron chi connectivity index (χ1n) is 7.82. The number of aromatic nitrogens is 2. The predicted octanol–water partition coefficient (Wildman–Crippen LogP) is 3.74. The quantitative estimate of drug-likeness (QED) is 0.503. The molecular formula is C21H21N2+. The zero-order valence-corrected chi connectivity index (χ0v) is 13.9. The number of nitrogens with zero attached hydrogens (tertiary/aromatic N) is 2. The maximum Gasteiger partial charge on any atom is 0.249 e. The molecule has 0 aliphatic rings. The summed E-state index contributed by atoms with van der Waals surface area (Å²) >= 11 is 0. The second-order valence-corrected chi connectivity index (χ2v) is 5.91. The van der Waals surface area contributed by atoms with Crippen LogP contribution in [-0.2, 0) is 6.54 Å². The smallest absolute Gasteiger partial charge is 0.225 e. The summed E-state index contributed by atoms with van der Waals surface area (Å²) in [7, 11) is 0. The molecular weight excluding hydrogens is 280 g/mol. The van der Waals surface area contributed by atoms with Crippen molar-refractivity contribution in [3.63, 3.8) is 0 Å². The highest BCUT2D eigenvalue weighted by Gasteiger charge is 2.12. The van der Waals surface area contributed by atoms with Gasteiger partial charge in [-0.15, -0.1) is 0 Å². The zero-order valence-electron chi connectivity index (χ0n) is 13.9. The fraction of sp³-hybridized carbons (Fsp3) is 0.190. The van der Waals surface area contributed by atoms with E-state index in [0.29, 0.717) is 6.54 Å². The van der Waals surface area contributed by atoms with Gasteiger partial charge in [-0.2, -0.15) is 0 Å². The van der Waals surface area contributed by atoms with Crippen LogP contribution in [0.15, 0.2) is 61.2 Å². The van der Waals surface area contributed by atoms with Crippen LogP contribution < -0.4 is 4.57 Å². The Morgan fingerprint density at radius 2 is 1.70 bits per heavy atom. The maximum absolute atomic E-state index is 3.22. The molecule has 0 fully saturated rings. The van der Waals surface area contributed by atoms with Gasteiger partial charge in [-0.05, 0) is 44.0 Å². The van der Waals surface area contributed by atoms with E-state index in [0.717, 1.165) is 5.56 Å². The number of hydrogen-bond donors (Lipinski definition) is 0. The summed E-state index contributed by atoms with van der Waals surface area (Å²) in [5, 5.41) is 0. The summed E-state index contributed by atoms with van der Waals surface area (Å²) in [6.07, 6.45) is 6.26. The molecule has 3 rings (SSSR count). The van der Waals surface area contributed by atoms with Crippen molar-refractivity contribution in [2.24, 2.45) is 0 Å². The first kappa shape index (κ1) is 15.1. The Kier molecular flexibility index (Phi) is 4.30. The minimum absolute atomic E-state index is 0.686. The fourth-order valence-electron chi connectivity index (χ4n) is 2.95. The van der Waals surface area contributed by atoms with Crippen molar-refractivity contribution in [2.75, 3.05) is 0 Å². The van der Waals surface area contributed by atoms with Gasteiger partial charge in [-0.1, -0.05) is 47.7 Å². The van der Waals surface area contributed by atoms with Crippen LogP contribution in [0.3, 0.4) is 0 Å². The Bertz CT molecular complexity index is 854. The van der Waals surface area contributed by atoms with Crippen LogP contribution in [0.2, 0.25) is 0 Å². The third-order valence-electron chi connectivity index (χ3n) is 3.85. The predicted molar refractivity (Wildman–Crippen MR) is 93.5 cm³/mol. The van der Waals surface area contributed by atoms with Crippen molar-refractivity contribution in [1.29, 1.82) is 0 Å². The molecule has 114 valence electrons. The SMILES string of the molecule is Cc1cc(C)c(-n2cc[n+](CC#Cc3ccccc3)c2)c(C)c1. The number of rotatable bonds is 2. The molecule has 1 heterocycles. The minimum atomic E-state index is 0.686. The largest absolute Gasteiger partial charge is 0.249 e. The first-order valence-corrected chi connectivity index (χ1v) is 7.82. The van der Waals surface area contributed by atoms with E-state index in [9.17, 15) is 0 Å². The number of imidazole rings is 1. The van der Waals surface area contributed by atoms with Gasteiger partial charge in [0.05, 0.1) is 0 Å². The Morgan fingerprint density at radius 3 is 2.39 bits per heavy atom. The van der Waals surface area contributed by atoms with E-state index in [2.05, 4.69) is 72.6 Å². The van der Waals surface area contributed by atoms with Crippen molar-refractivity contribution in [3.05, 3.63) is 83.4 Å². The average Bonchev–Trinajstić information content (AvgIpc) is 2.96. The molecule has 0 amide bonds. The lowest BCUT2D eigenvalue weighted by atomic mass is 10.1. The van der Waals surface area contributed by atoms with Gasteiger partial charge < -0.3 is 0 Å². The molecule has 23 heavy (non-hydrogen) atoms. The molecule has 0 bridgehead atoms. The lowest BCUT2D eigenvalue weighted by molar-refractivity contribution is -0.684.